The number of rotatable bonds is 3. The topological polar surface area (TPSA) is 61.9 Å². The number of nitrogens with zero attached hydrogens (tertiary/aromatic N) is 3. The highest BCUT2D eigenvalue weighted by Crippen LogP contribution is 2.23. The number of amides is 1. The first-order valence-electron chi connectivity index (χ1n) is 8.34. The van der Waals surface area contributed by atoms with E-state index in [4.69, 9.17) is 0 Å². The van der Waals surface area contributed by atoms with Gasteiger partial charge < -0.3 is 4.90 Å². The van der Waals surface area contributed by atoms with Gasteiger partial charge in [-0.1, -0.05) is 30.3 Å². The number of aromatic nitrogens is 3. The second kappa shape index (κ2) is 6.07. The average molecular weight is 320 g/mol. The number of nitrogens with one attached hydrogen (secondary N) is 1. The number of carbonyl (C=O) groups excluding carboxylic acids is 1. The van der Waals surface area contributed by atoms with Crippen LogP contribution in [0.5, 0.6) is 0 Å². The molecule has 122 valence electrons. The zero-order valence-corrected chi connectivity index (χ0v) is 13.7. The summed E-state index contributed by atoms with van der Waals surface area (Å²) in [5.41, 5.74) is 3.59. The van der Waals surface area contributed by atoms with Gasteiger partial charge in [-0.25, -0.2) is 4.98 Å². The van der Waals surface area contributed by atoms with Crippen LogP contribution in [0.3, 0.4) is 0 Å². The number of H-pyrrole nitrogens is 1. The van der Waals surface area contributed by atoms with Gasteiger partial charge in [0.15, 0.2) is 5.65 Å². The molecule has 0 bridgehead atoms. The standard InChI is InChI=1S/C19H20N4O/c1-13-17-10-16(11-20-18(17)22-21-13)19(24)23-8-7-15(12-23)9-14-5-3-2-4-6-14/h2-6,10-11,15H,7-9,12H2,1H3,(H,20,21,22). The predicted molar refractivity (Wildman–Crippen MR) is 92.8 cm³/mol. The molecule has 0 spiro atoms. The van der Waals surface area contributed by atoms with Crippen LogP contribution in [0, 0.1) is 12.8 Å². The molecule has 5 heteroatoms. The van der Waals surface area contributed by atoms with E-state index in [9.17, 15) is 4.79 Å². The summed E-state index contributed by atoms with van der Waals surface area (Å²) < 4.78 is 0. The van der Waals surface area contributed by atoms with Crippen molar-refractivity contribution in [2.24, 2.45) is 5.92 Å². The van der Waals surface area contributed by atoms with Gasteiger partial charge in [0.2, 0.25) is 0 Å². The van der Waals surface area contributed by atoms with Crippen molar-refractivity contribution in [1.29, 1.82) is 0 Å². The summed E-state index contributed by atoms with van der Waals surface area (Å²) in [6, 6.07) is 12.4. The zero-order chi connectivity index (χ0) is 16.5. The number of pyridine rings is 1. The van der Waals surface area contributed by atoms with E-state index in [2.05, 4.69) is 39.4 Å². The number of fused-ring (bicyclic) bond motifs is 1. The van der Waals surface area contributed by atoms with Crippen molar-refractivity contribution in [3.8, 4) is 0 Å². The molecule has 1 aliphatic rings. The number of benzene rings is 1. The van der Waals surface area contributed by atoms with Crippen LogP contribution < -0.4 is 0 Å². The number of aromatic amines is 1. The van der Waals surface area contributed by atoms with Crippen LogP contribution in [0.4, 0.5) is 0 Å². The molecule has 1 aromatic carbocycles. The molecule has 1 aliphatic heterocycles. The molecule has 4 rings (SSSR count). The molecule has 2 aromatic heterocycles. The van der Waals surface area contributed by atoms with E-state index in [0.717, 1.165) is 37.0 Å². The molecule has 1 fully saturated rings. The molecule has 1 amide bonds. The minimum Gasteiger partial charge on any atom is -0.338 e. The molecule has 0 saturated carbocycles. The van der Waals surface area contributed by atoms with Crippen LogP contribution in [0.15, 0.2) is 42.6 Å². The number of hydrogen-bond donors (Lipinski definition) is 1. The fraction of sp³-hybridized carbons (Fsp3) is 0.316. The van der Waals surface area contributed by atoms with E-state index < -0.39 is 0 Å². The largest absolute Gasteiger partial charge is 0.338 e. The number of aryl methyl sites for hydroxylation is 1. The Morgan fingerprint density at radius 1 is 1.33 bits per heavy atom. The number of likely N-dealkylation sites (tertiary alicyclic amines) is 1. The van der Waals surface area contributed by atoms with Crippen LogP contribution in [0.1, 0.15) is 28.0 Å². The van der Waals surface area contributed by atoms with Crippen LogP contribution in [-0.4, -0.2) is 39.1 Å². The molecule has 3 aromatic rings. The first kappa shape index (κ1) is 14.9. The Kier molecular flexibility index (Phi) is 3.76. The fourth-order valence-corrected chi connectivity index (χ4v) is 3.45. The second-order valence-electron chi connectivity index (χ2n) is 6.54. The van der Waals surface area contributed by atoms with Crippen LogP contribution in [0.2, 0.25) is 0 Å². The van der Waals surface area contributed by atoms with E-state index in [1.165, 1.54) is 5.56 Å². The summed E-state index contributed by atoms with van der Waals surface area (Å²) in [7, 11) is 0. The van der Waals surface area contributed by atoms with Gasteiger partial charge >= 0.3 is 0 Å². The van der Waals surface area contributed by atoms with E-state index >= 15 is 0 Å². The van der Waals surface area contributed by atoms with Gasteiger partial charge in [0.1, 0.15) is 0 Å². The third kappa shape index (κ3) is 2.77. The summed E-state index contributed by atoms with van der Waals surface area (Å²) in [5, 5.41) is 7.94. The SMILES string of the molecule is Cc1[nH]nc2ncc(C(=O)N3CCC(Cc4ccccc4)C3)cc12. The van der Waals surface area contributed by atoms with E-state index in [1.54, 1.807) is 6.20 Å². The molecule has 0 radical (unpaired) electrons. The number of hydrogen-bond acceptors (Lipinski definition) is 3. The molecule has 24 heavy (non-hydrogen) atoms. The van der Waals surface area contributed by atoms with Crippen molar-refractivity contribution < 1.29 is 4.79 Å². The Hall–Kier alpha value is -2.69. The molecule has 1 unspecified atom stereocenters. The van der Waals surface area contributed by atoms with Gasteiger partial charge in [0.05, 0.1) is 5.56 Å². The van der Waals surface area contributed by atoms with Crippen LogP contribution >= 0.6 is 0 Å². The quantitative estimate of drug-likeness (QED) is 0.807. The smallest absolute Gasteiger partial charge is 0.255 e. The maximum Gasteiger partial charge on any atom is 0.255 e. The van der Waals surface area contributed by atoms with Gasteiger partial charge in [-0.3, -0.25) is 9.89 Å². The molecular formula is C19H20N4O. The maximum absolute atomic E-state index is 12.8. The monoisotopic (exact) mass is 320 g/mol. The Morgan fingerprint density at radius 3 is 3.00 bits per heavy atom. The minimum atomic E-state index is 0.0700. The first-order chi connectivity index (χ1) is 11.7. The lowest BCUT2D eigenvalue weighted by Crippen LogP contribution is -2.29. The Labute approximate surface area is 140 Å². The fourth-order valence-electron chi connectivity index (χ4n) is 3.45. The number of carbonyl (C=O) groups is 1. The Morgan fingerprint density at radius 2 is 2.17 bits per heavy atom. The molecule has 3 heterocycles. The third-order valence-corrected chi connectivity index (χ3v) is 4.79. The normalized spacial score (nSPS) is 17.5. The van der Waals surface area contributed by atoms with E-state index in [-0.39, 0.29) is 5.91 Å². The summed E-state index contributed by atoms with van der Waals surface area (Å²) >= 11 is 0. The molecular weight excluding hydrogens is 300 g/mol. The van der Waals surface area contributed by atoms with Gasteiger partial charge in [0, 0.05) is 30.4 Å². The molecule has 5 nitrogen and oxygen atoms in total. The minimum absolute atomic E-state index is 0.0700. The van der Waals surface area contributed by atoms with Gasteiger partial charge in [-0.2, -0.15) is 5.10 Å². The van der Waals surface area contributed by atoms with Gasteiger partial charge in [-0.15, -0.1) is 0 Å². The summed E-state index contributed by atoms with van der Waals surface area (Å²) in [4.78, 5) is 19.0. The highest BCUT2D eigenvalue weighted by Gasteiger charge is 2.27. The highest BCUT2D eigenvalue weighted by molar-refractivity contribution is 5.97. The average Bonchev–Trinajstić information content (AvgIpc) is 3.22. The van der Waals surface area contributed by atoms with Crippen molar-refractivity contribution >= 4 is 16.9 Å². The third-order valence-electron chi connectivity index (χ3n) is 4.79. The lowest BCUT2D eigenvalue weighted by Gasteiger charge is -2.16. The van der Waals surface area contributed by atoms with Crippen molar-refractivity contribution in [3.05, 3.63) is 59.4 Å². The lowest BCUT2D eigenvalue weighted by atomic mass is 9.99. The Bertz CT molecular complexity index is 871. The Balaban J connectivity index is 1.47. The van der Waals surface area contributed by atoms with Crippen LogP contribution in [-0.2, 0) is 6.42 Å². The zero-order valence-electron chi connectivity index (χ0n) is 13.7. The summed E-state index contributed by atoms with van der Waals surface area (Å²) in [5.74, 6) is 0.601. The van der Waals surface area contributed by atoms with Crippen molar-refractivity contribution in [2.75, 3.05) is 13.1 Å². The predicted octanol–water partition coefficient (Wildman–Crippen LogP) is 2.97. The van der Waals surface area contributed by atoms with Crippen LogP contribution in [0.25, 0.3) is 11.0 Å². The van der Waals surface area contributed by atoms with Crippen molar-refractivity contribution in [1.82, 2.24) is 20.1 Å². The second-order valence-corrected chi connectivity index (χ2v) is 6.54. The highest BCUT2D eigenvalue weighted by atomic mass is 16.2. The van der Waals surface area contributed by atoms with Crippen molar-refractivity contribution in [3.63, 3.8) is 0 Å². The van der Waals surface area contributed by atoms with E-state index in [0.29, 0.717) is 17.1 Å². The van der Waals surface area contributed by atoms with Gasteiger partial charge in [0.25, 0.3) is 5.91 Å². The maximum atomic E-state index is 12.8. The van der Waals surface area contributed by atoms with Gasteiger partial charge in [-0.05, 0) is 37.3 Å². The van der Waals surface area contributed by atoms with E-state index in [1.807, 2.05) is 24.0 Å². The molecule has 1 saturated heterocycles. The first-order valence-corrected chi connectivity index (χ1v) is 8.34. The lowest BCUT2D eigenvalue weighted by molar-refractivity contribution is 0.0787. The van der Waals surface area contributed by atoms with Crippen molar-refractivity contribution in [2.45, 2.75) is 19.8 Å². The molecule has 0 aliphatic carbocycles. The molecule has 1 N–H and O–H groups in total. The molecule has 1 atom stereocenters. The summed E-state index contributed by atoms with van der Waals surface area (Å²) in [6.07, 6.45) is 3.72. The summed E-state index contributed by atoms with van der Waals surface area (Å²) in [6.45, 7) is 3.58.